The maximum Gasteiger partial charge on any atom is 0.362 e. The number of ether oxygens (including phenoxy) is 1. The van der Waals surface area contributed by atoms with Crippen LogP contribution in [0.3, 0.4) is 0 Å². The van der Waals surface area contributed by atoms with Gasteiger partial charge in [-0.2, -0.15) is 21.0 Å². The number of fused-ring (bicyclic) bond motifs is 1. The first kappa shape index (κ1) is 21.6. The summed E-state index contributed by atoms with van der Waals surface area (Å²) in [6.45, 7) is -0.683. The first-order chi connectivity index (χ1) is 13.6. The Balaban J connectivity index is 1.70. The number of aliphatic hydroxyl groups excluding tert-OH is 2. The molecule has 0 spiro atoms. The van der Waals surface area contributed by atoms with E-state index < -0.39 is 53.4 Å². The van der Waals surface area contributed by atoms with E-state index in [-0.39, 0.29) is 22.7 Å². The van der Waals surface area contributed by atoms with Gasteiger partial charge in [-0.05, 0) is 0 Å². The van der Waals surface area contributed by atoms with E-state index in [4.69, 9.17) is 16.2 Å². The summed E-state index contributed by atoms with van der Waals surface area (Å²) < 4.78 is 36.8. The summed E-state index contributed by atoms with van der Waals surface area (Å²) in [5.74, 6) is -0.969. The number of thiol groups is 1. The zero-order chi connectivity index (χ0) is 21.3. The van der Waals surface area contributed by atoms with E-state index in [9.17, 15) is 23.4 Å². The number of amides is 1. The highest BCUT2D eigenvalue weighted by Gasteiger charge is 2.45. The molecule has 0 aromatic carbocycles. The average molecular weight is 449 g/mol. The van der Waals surface area contributed by atoms with Crippen LogP contribution in [0.1, 0.15) is 6.23 Å². The topological polar surface area (TPSA) is 218 Å². The smallest absolute Gasteiger partial charge is 0.362 e. The second-order valence-electron chi connectivity index (χ2n) is 6.12. The van der Waals surface area contributed by atoms with Crippen LogP contribution < -0.4 is 16.2 Å². The normalized spacial score (nSPS) is 25.9. The van der Waals surface area contributed by atoms with Crippen LogP contribution in [0.25, 0.3) is 11.2 Å². The zero-order valence-corrected chi connectivity index (χ0v) is 16.4. The summed E-state index contributed by atoms with van der Waals surface area (Å²) in [4.78, 5) is 23.4. The largest absolute Gasteiger partial charge is 0.387 e. The fraction of sp³-hybridized carbons (Fsp3) is 0.538. The molecule has 14 nitrogen and oxygen atoms in total. The van der Waals surface area contributed by atoms with Crippen LogP contribution >= 0.6 is 12.6 Å². The minimum absolute atomic E-state index is 0.0768. The highest BCUT2D eigenvalue weighted by Crippen LogP contribution is 2.32. The van der Waals surface area contributed by atoms with Crippen molar-refractivity contribution >= 4 is 45.8 Å². The number of aliphatic hydroxyl groups is 2. The number of nitrogens with zero attached hydrogens (tertiary/aromatic N) is 4. The van der Waals surface area contributed by atoms with Gasteiger partial charge in [0.25, 0.3) is 5.91 Å². The molecule has 1 fully saturated rings. The summed E-state index contributed by atoms with van der Waals surface area (Å²) in [6.07, 6.45) is -2.85. The molecule has 0 saturated carbocycles. The van der Waals surface area contributed by atoms with Crippen LogP contribution in [0.4, 0.5) is 5.82 Å². The summed E-state index contributed by atoms with van der Waals surface area (Å²) in [7, 11) is -4.52. The molecule has 7 N–H and O–H groups in total. The van der Waals surface area contributed by atoms with Gasteiger partial charge in [-0.25, -0.2) is 19.7 Å². The number of carbonyl (C=O) groups excluding carboxylic acids is 1. The van der Waals surface area contributed by atoms with Crippen LogP contribution in [-0.2, 0) is 24.0 Å². The van der Waals surface area contributed by atoms with E-state index in [0.29, 0.717) is 0 Å². The Morgan fingerprint density at radius 3 is 2.79 bits per heavy atom. The number of hydrogen-bond acceptors (Lipinski definition) is 13. The molecular formula is C13H19N7O7S2. The first-order valence-corrected chi connectivity index (χ1v) is 10.2. The van der Waals surface area contributed by atoms with Gasteiger partial charge >= 0.3 is 10.3 Å². The molecule has 0 aliphatic carbocycles. The number of aromatic nitrogens is 4. The number of imidazole rings is 1. The number of hydrogen-bond donors (Lipinski definition) is 6. The van der Waals surface area contributed by atoms with Crippen molar-refractivity contribution in [1.29, 1.82) is 0 Å². The molecule has 1 amide bonds. The van der Waals surface area contributed by atoms with E-state index in [1.165, 1.54) is 17.2 Å². The second kappa shape index (κ2) is 8.34. The number of carbonyl (C=O) groups is 1. The van der Waals surface area contributed by atoms with Crippen LogP contribution in [0, 0.1) is 0 Å². The lowest BCUT2D eigenvalue weighted by molar-refractivity contribution is -0.120. The van der Waals surface area contributed by atoms with Crippen molar-refractivity contribution in [3.63, 3.8) is 0 Å². The molecule has 3 heterocycles. The average Bonchev–Trinajstić information content (AvgIpc) is 3.22. The Morgan fingerprint density at radius 1 is 1.38 bits per heavy atom. The molecule has 5 atom stereocenters. The maximum absolute atomic E-state index is 11.8. The quantitative estimate of drug-likeness (QED) is 0.229. The van der Waals surface area contributed by atoms with Crippen LogP contribution in [-0.4, -0.2) is 80.8 Å². The van der Waals surface area contributed by atoms with Gasteiger partial charge < -0.3 is 26.4 Å². The van der Waals surface area contributed by atoms with Gasteiger partial charge in [0.15, 0.2) is 17.7 Å². The molecule has 1 aliphatic heterocycles. The van der Waals surface area contributed by atoms with Crippen molar-refractivity contribution in [2.45, 2.75) is 30.6 Å². The standard InChI is InChI=1S/C13H19N7O7S2/c14-5(2-28)12(23)19-29(24,25)26-1-6-8(21)9(22)13(27-6)20-4-18-7-10(15)16-3-17-11(7)20/h3-6,8-9,13,21-22,28H,1-2,14H2,(H,19,23)(H2,15,16,17)/t5-,6+,8+,9-,13-/m1/s1. The van der Waals surface area contributed by atoms with E-state index in [0.717, 1.165) is 0 Å². The predicted molar refractivity (Wildman–Crippen MR) is 101 cm³/mol. The molecular weight excluding hydrogens is 430 g/mol. The van der Waals surface area contributed by atoms with Gasteiger partial charge in [-0.1, -0.05) is 0 Å². The molecule has 1 aliphatic rings. The molecule has 0 bridgehead atoms. The van der Waals surface area contributed by atoms with Crippen LogP contribution in [0.2, 0.25) is 0 Å². The minimum atomic E-state index is -4.52. The van der Waals surface area contributed by atoms with Crippen molar-refractivity contribution < 1.29 is 32.3 Å². The number of nitrogen functional groups attached to an aromatic ring is 1. The van der Waals surface area contributed by atoms with Crippen LogP contribution in [0.5, 0.6) is 0 Å². The monoisotopic (exact) mass is 449 g/mol. The van der Waals surface area contributed by atoms with E-state index in [1.54, 1.807) is 4.72 Å². The Kier molecular flexibility index (Phi) is 6.22. The Morgan fingerprint density at radius 2 is 2.10 bits per heavy atom. The Labute approximate surface area is 169 Å². The lowest BCUT2D eigenvalue weighted by Gasteiger charge is -2.16. The van der Waals surface area contributed by atoms with Crippen molar-refractivity contribution in [1.82, 2.24) is 24.2 Å². The Bertz CT molecular complexity index is 1000. The minimum Gasteiger partial charge on any atom is -0.387 e. The summed E-state index contributed by atoms with van der Waals surface area (Å²) in [5.41, 5.74) is 11.6. The molecule has 29 heavy (non-hydrogen) atoms. The van der Waals surface area contributed by atoms with Gasteiger partial charge in [0, 0.05) is 5.75 Å². The van der Waals surface area contributed by atoms with Gasteiger partial charge in [0.1, 0.15) is 30.2 Å². The molecule has 3 rings (SSSR count). The molecule has 160 valence electrons. The SMILES string of the molecule is Nc1ncnc2c1ncn2[C@@H]1O[C@@H](COS(=O)(=O)NC(=O)[C@H](N)CS)[C@H](O)[C@H]1O. The predicted octanol–water partition coefficient (Wildman–Crippen LogP) is -3.34. The summed E-state index contributed by atoms with van der Waals surface area (Å²) >= 11 is 3.79. The van der Waals surface area contributed by atoms with E-state index >= 15 is 0 Å². The third-order valence-corrected chi connectivity index (χ3v) is 5.44. The van der Waals surface area contributed by atoms with Crippen molar-refractivity contribution in [2.24, 2.45) is 5.73 Å². The lowest BCUT2D eigenvalue weighted by atomic mass is 10.1. The molecule has 2 aromatic heterocycles. The van der Waals surface area contributed by atoms with Crippen LogP contribution in [0.15, 0.2) is 12.7 Å². The number of nitrogens with two attached hydrogens (primary N) is 2. The molecule has 2 aromatic rings. The van der Waals surface area contributed by atoms with Crippen molar-refractivity contribution in [3.05, 3.63) is 12.7 Å². The number of nitrogens with one attached hydrogen (secondary N) is 1. The molecule has 0 unspecified atom stereocenters. The summed E-state index contributed by atoms with van der Waals surface area (Å²) in [6, 6.07) is -1.15. The molecule has 0 radical (unpaired) electrons. The van der Waals surface area contributed by atoms with E-state index in [2.05, 4.69) is 31.8 Å². The van der Waals surface area contributed by atoms with Gasteiger partial charge in [-0.3, -0.25) is 13.5 Å². The van der Waals surface area contributed by atoms with Crippen molar-refractivity contribution in [3.8, 4) is 0 Å². The highest BCUT2D eigenvalue weighted by molar-refractivity contribution is 7.85. The third kappa shape index (κ3) is 4.42. The Hall–Kier alpha value is -2.08. The summed E-state index contributed by atoms with van der Waals surface area (Å²) in [5, 5.41) is 20.5. The lowest BCUT2D eigenvalue weighted by Crippen LogP contribution is -2.45. The second-order valence-corrected chi connectivity index (χ2v) is 7.84. The van der Waals surface area contributed by atoms with Gasteiger partial charge in [0.05, 0.1) is 19.0 Å². The third-order valence-electron chi connectivity index (χ3n) is 4.14. The number of rotatable bonds is 7. The zero-order valence-electron chi connectivity index (χ0n) is 14.7. The highest BCUT2D eigenvalue weighted by atomic mass is 32.2. The maximum atomic E-state index is 11.8. The molecule has 1 saturated heterocycles. The number of anilines is 1. The fourth-order valence-corrected chi connectivity index (χ4v) is 3.56. The fourth-order valence-electron chi connectivity index (χ4n) is 2.62. The van der Waals surface area contributed by atoms with Gasteiger partial charge in [-0.15, -0.1) is 0 Å². The van der Waals surface area contributed by atoms with E-state index in [1.807, 2.05) is 0 Å². The first-order valence-electron chi connectivity index (χ1n) is 8.16. The van der Waals surface area contributed by atoms with Gasteiger partial charge in [0.2, 0.25) is 0 Å². The molecule has 16 heteroatoms. The van der Waals surface area contributed by atoms with Crippen molar-refractivity contribution in [2.75, 3.05) is 18.1 Å².